The molecule has 0 fully saturated rings. The van der Waals surface area contributed by atoms with Crippen LogP contribution < -0.4 is 4.74 Å². The van der Waals surface area contributed by atoms with Gasteiger partial charge < -0.3 is 9.94 Å². The van der Waals surface area contributed by atoms with E-state index in [1.807, 2.05) is 13.0 Å². The molecule has 21 heavy (non-hydrogen) atoms. The zero-order valence-electron chi connectivity index (χ0n) is 13.2. The lowest BCUT2D eigenvalue weighted by Gasteiger charge is -2.19. The van der Waals surface area contributed by atoms with Crippen molar-refractivity contribution in [2.24, 2.45) is 5.16 Å². The number of sulfone groups is 1. The topological polar surface area (TPSA) is 76.0 Å². The molecule has 0 saturated carbocycles. The van der Waals surface area contributed by atoms with Gasteiger partial charge in [0.2, 0.25) is 0 Å². The van der Waals surface area contributed by atoms with Crippen molar-refractivity contribution >= 4 is 15.5 Å². The Morgan fingerprint density at radius 3 is 2.48 bits per heavy atom. The molecule has 0 amide bonds. The Morgan fingerprint density at radius 1 is 1.33 bits per heavy atom. The number of benzene rings is 1. The van der Waals surface area contributed by atoms with Crippen LogP contribution in [0, 0.1) is 6.92 Å². The number of hydrogen-bond donors (Lipinski definition) is 1. The predicted octanol–water partition coefficient (Wildman–Crippen LogP) is 2.79. The first-order valence-corrected chi connectivity index (χ1v) is 8.38. The molecule has 0 saturated heterocycles. The van der Waals surface area contributed by atoms with E-state index < -0.39 is 14.6 Å². The highest BCUT2D eigenvalue weighted by atomic mass is 32.2. The fourth-order valence-corrected chi connectivity index (χ4v) is 2.58. The lowest BCUT2D eigenvalue weighted by Crippen LogP contribution is -2.32. The molecule has 118 valence electrons. The van der Waals surface area contributed by atoms with Gasteiger partial charge in [-0.25, -0.2) is 8.42 Å². The zero-order valence-corrected chi connectivity index (χ0v) is 14.0. The molecule has 1 aromatic rings. The summed E-state index contributed by atoms with van der Waals surface area (Å²) in [5.41, 5.74) is 2.05. The minimum Gasteiger partial charge on any atom is -0.492 e. The first-order chi connectivity index (χ1) is 9.58. The number of ether oxygens (including phenoxy) is 1. The normalized spacial score (nSPS) is 13.3. The van der Waals surface area contributed by atoms with Crippen molar-refractivity contribution in [3.63, 3.8) is 0 Å². The van der Waals surface area contributed by atoms with E-state index in [9.17, 15) is 8.42 Å². The van der Waals surface area contributed by atoms with Gasteiger partial charge in [0, 0.05) is 5.56 Å². The standard InChI is InChI=1S/C15H23NO4S/c1-11-6-7-13(12(2)16-17)14(10-11)20-8-9-21(18,19)15(3,4)5/h6-7,10,17H,8-9H2,1-5H3/b16-12-. The second-order valence-corrected chi connectivity index (χ2v) is 8.83. The average molecular weight is 313 g/mol. The summed E-state index contributed by atoms with van der Waals surface area (Å²) >= 11 is 0. The highest BCUT2D eigenvalue weighted by molar-refractivity contribution is 7.92. The maximum absolute atomic E-state index is 12.0. The summed E-state index contributed by atoms with van der Waals surface area (Å²) < 4.78 is 28.9. The number of hydrogen-bond acceptors (Lipinski definition) is 5. The fourth-order valence-electron chi connectivity index (χ4n) is 1.67. The van der Waals surface area contributed by atoms with Crippen LogP contribution >= 0.6 is 0 Å². The Hall–Kier alpha value is -1.56. The second kappa shape index (κ2) is 6.47. The summed E-state index contributed by atoms with van der Waals surface area (Å²) in [6.45, 7) is 8.64. The van der Waals surface area contributed by atoms with Gasteiger partial charge in [0.1, 0.15) is 12.4 Å². The fraction of sp³-hybridized carbons (Fsp3) is 0.533. The molecule has 0 spiro atoms. The molecule has 0 unspecified atom stereocenters. The molecule has 5 nitrogen and oxygen atoms in total. The van der Waals surface area contributed by atoms with E-state index in [-0.39, 0.29) is 12.4 Å². The number of nitrogens with zero attached hydrogens (tertiary/aromatic N) is 1. The van der Waals surface area contributed by atoms with Gasteiger partial charge in [0.15, 0.2) is 9.84 Å². The van der Waals surface area contributed by atoms with Crippen LogP contribution in [0.25, 0.3) is 0 Å². The quantitative estimate of drug-likeness (QED) is 0.515. The molecule has 0 bridgehead atoms. The van der Waals surface area contributed by atoms with Gasteiger partial charge >= 0.3 is 0 Å². The van der Waals surface area contributed by atoms with Crippen LogP contribution in [0.15, 0.2) is 23.4 Å². The van der Waals surface area contributed by atoms with Crippen molar-refractivity contribution in [3.8, 4) is 5.75 Å². The summed E-state index contributed by atoms with van der Waals surface area (Å²) in [6, 6.07) is 5.47. The van der Waals surface area contributed by atoms with Crippen LogP contribution in [-0.4, -0.2) is 36.4 Å². The van der Waals surface area contributed by atoms with Gasteiger partial charge in [-0.15, -0.1) is 0 Å². The molecule has 0 aromatic heterocycles. The first-order valence-electron chi connectivity index (χ1n) is 6.73. The minimum atomic E-state index is -3.22. The van der Waals surface area contributed by atoms with Crippen molar-refractivity contribution < 1.29 is 18.4 Å². The molecule has 1 N–H and O–H groups in total. The van der Waals surface area contributed by atoms with Crippen LogP contribution in [0.2, 0.25) is 0 Å². The van der Waals surface area contributed by atoms with E-state index in [0.29, 0.717) is 17.0 Å². The molecule has 0 radical (unpaired) electrons. The Balaban J connectivity index is 2.88. The Morgan fingerprint density at radius 2 is 1.95 bits per heavy atom. The smallest absolute Gasteiger partial charge is 0.158 e. The third-order valence-electron chi connectivity index (χ3n) is 3.22. The van der Waals surface area contributed by atoms with E-state index in [1.165, 1.54) is 0 Å². The van der Waals surface area contributed by atoms with E-state index in [4.69, 9.17) is 9.94 Å². The molecular weight excluding hydrogens is 290 g/mol. The van der Waals surface area contributed by atoms with Crippen molar-refractivity contribution in [2.45, 2.75) is 39.4 Å². The SMILES string of the molecule is C/C(=N/O)c1ccc(C)cc1OCCS(=O)(=O)C(C)(C)C. The summed E-state index contributed by atoms with van der Waals surface area (Å²) in [5, 5.41) is 12.0. The number of aryl methyl sites for hydroxylation is 1. The molecule has 0 atom stereocenters. The summed E-state index contributed by atoms with van der Waals surface area (Å²) in [4.78, 5) is 0. The van der Waals surface area contributed by atoms with E-state index in [2.05, 4.69) is 5.16 Å². The van der Waals surface area contributed by atoms with Gasteiger partial charge in [-0.3, -0.25) is 0 Å². The van der Waals surface area contributed by atoms with E-state index >= 15 is 0 Å². The predicted molar refractivity (Wildman–Crippen MR) is 84.2 cm³/mol. The molecule has 1 rings (SSSR count). The number of oxime groups is 1. The molecule has 6 heteroatoms. The summed E-state index contributed by atoms with van der Waals surface area (Å²) in [7, 11) is -3.22. The molecule has 0 heterocycles. The van der Waals surface area contributed by atoms with Crippen molar-refractivity contribution in [3.05, 3.63) is 29.3 Å². The van der Waals surface area contributed by atoms with Gasteiger partial charge in [-0.2, -0.15) is 0 Å². The van der Waals surface area contributed by atoms with Crippen LogP contribution in [0.1, 0.15) is 38.8 Å². The molecule has 0 aliphatic rings. The number of rotatable bonds is 5. The third kappa shape index (κ3) is 4.46. The van der Waals surface area contributed by atoms with Gasteiger partial charge in [0.05, 0.1) is 16.2 Å². The Bertz CT molecular complexity index is 628. The van der Waals surface area contributed by atoms with Crippen molar-refractivity contribution in [1.29, 1.82) is 0 Å². The minimum absolute atomic E-state index is 0.0564. The first kappa shape index (κ1) is 17.5. The molecule has 0 aliphatic heterocycles. The largest absolute Gasteiger partial charge is 0.492 e. The van der Waals surface area contributed by atoms with Gasteiger partial charge in [-0.1, -0.05) is 11.2 Å². The monoisotopic (exact) mass is 313 g/mol. The summed E-state index contributed by atoms with van der Waals surface area (Å²) in [5.74, 6) is 0.466. The Kier molecular flexibility index (Phi) is 5.39. The molecule has 1 aromatic carbocycles. The lowest BCUT2D eigenvalue weighted by molar-refractivity contribution is 0.317. The zero-order chi connectivity index (χ0) is 16.3. The van der Waals surface area contributed by atoms with Crippen molar-refractivity contribution in [2.75, 3.05) is 12.4 Å². The highest BCUT2D eigenvalue weighted by Gasteiger charge is 2.28. The van der Waals surface area contributed by atoms with Crippen LogP contribution in [0.3, 0.4) is 0 Å². The molecular formula is C15H23NO4S. The van der Waals surface area contributed by atoms with Crippen LogP contribution in [0.4, 0.5) is 0 Å². The Labute approximate surface area is 126 Å². The maximum atomic E-state index is 12.0. The summed E-state index contributed by atoms with van der Waals surface area (Å²) in [6.07, 6.45) is 0. The lowest BCUT2D eigenvalue weighted by atomic mass is 10.1. The van der Waals surface area contributed by atoms with E-state index in [0.717, 1.165) is 5.56 Å². The second-order valence-electron chi connectivity index (χ2n) is 5.96. The van der Waals surface area contributed by atoms with Gasteiger partial charge in [-0.05, 0) is 52.3 Å². The maximum Gasteiger partial charge on any atom is 0.158 e. The van der Waals surface area contributed by atoms with Crippen LogP contribution in [0.5, 0.6) is 5.75 Å². The average Bonchev–Trinajstić information content (AvgIpc) is 2.36. The van der Waals surface area contributed by atoms with Gasteiger partial charge in [0.25, 0.3) is 0 Å². The van der Waals surface area contributed by atoms with Crippen LogP contribution in [-0.2, 0) is 9.84 Å². The highest BCUT2D eigenvalue weighted by Crippen LogP contribution is 2.22. The van der Waals surface area contributed by atoms with Crippen molar-refractivity contribution in [1.82, 2.24) is 0 Å². The van der Waals surface area contributed by atoms with E-state index in [1.54, 1.807) is 39.8 Å². The third-order valence-corrected chi connectivity index (χ3v) is 5.79. The molecule has 0 aliphatic carbocycles.